The molecule has 0 aliphatic heterocycles. The first kappa shape index (κ1) is 11.2. The Kier molecular flexibility index (Phi) is 3.28. The maximum atomic E-state index is 4.47. The van der Waals surface area contributed by atoms with Crippen molar-refractivity contribution in [2.45, 2.75) is 46.6 Å². The van der Waals surface area contributed by atoms with Crippen molar-refractivity contribution in [2.75, 3.05) is 0 Å². The Bertz CT molecular complexity index is 483. The van der Waals surface area contributed by atoms with Gasteiger partial charge in [0, 0.05) is 30.0 Å². The molecular formula is C14H20N2. The van der Waals surface area contributed by atoms with Crippen LogP contribution in [-0.4, -0.2) is 9.55 Å². The largest absolute Gasteiger partial charge is 0.347 e. The van der Waals surface area contributed by atoms with Crippen molar-refractivity contribution >= 4 is 10.9 Å². The van der Waals surface area contributed by atoms with Crippen LogP contribution in [0.4, 0.5) is 0 Å². The molecule has 86 valence electrons. The van der Waals surface area contributed by atoms with Crippen LogP contribution in [0, 0.1) is 6.92 Å². The molecule has 0 fully saturated rings. The van der Waals surface area contributed by atoms with E-state index in [0.717, 1.165) is 13.0 Å². The Hall–Kier alpha value is -1.31. The molecule has 2 heteroatoms. The fourth-order valence-corrected chi connectivity index (χ4v) is 2.11. The molecule has 0 unspecified atom stereocenters. The Morgan fingerprint density at radius 2 is 2.12 bits per heavy atom. The molecule has 0 atom stereocenters. The third-order valence-corrected chi connectivity index (χ3v) is 3.14. The second kappa shape index (κ2) is 4.69. The minimum absolute atomic E-state index is 1.01. The zero-order valence-corrected chi connectivity index (χ0v) is 10.5. The first-order valence-electron chi connectivity index (χ1n) is 6.20. The van der Waals surface area contributed by atoms with Gasteiger partial charge in [0.25, 0.3) is 0 Å². The molecule has 2 aromatic heterocycles. The number of fused-ring (bicyclic) bond motifs is 1. The van der Waals surface area contributed by atoms with Crippen molar-refractivity contribution in [1.82, 2.24) is 9.55 Å². The van der Waals surface area contributed by atoms with Gasteiger partial charge in [0.1, 0.15) is 0 Å². The Morgan fingerprint density at radius 1 is 1.31 bits per heavy atom. The summed E-state index contributed by atoms with van der Waals surface area (Å²) in [5, 5.41) is 1.30. The van der Waals surface area contributed by atoms with E-state index in [0.29, 0.717) is 0 Å². The minimum atomic E-state index is 1.01. The molecule has 16 heavy (non-hydrogen) atoms. The van der Waals surface area contributed by atoms with Gasteiger partial charge in [-0.1, -0.05) is 20.3 Å². The molecule has 0 spiro atoms. The smallest absolute Gasteiger partial charge is 0.0516 e. The molecule has 0 saturated heterocycles. The molecule has 0 radical (unpaired) electrons. The normalized spacial score (nSPS) is 11.2. The lowest BCUT2D eigenvalue weighted by atomic mass is 10.2. The first-order valence-corrected chi connectivity index (χ1v) is 6.20. The zero-order chi connectivity index (χ0) is 11.5. The summed E-state index contributed by atoms with van der Waals surface area (Å²) in [4.78, 5) is 4.47. The number of nitrogens with zero attached hydrogens (tertiary/aromatic N) is 2. The number of hydrogen-bond donors (Lipinski definition) is 0. The highest BCUT2D eigenvalue weighted by Crippen LogP contribution is 2.21. The summed E-state index contributed by atoms with van der Waals surface area (Å²) in [6.45, 7) is 7.67. The molecule has 0 aliphatic carbocycles. The number of hydrogen-bond acceptors (Lipinski definition) is 1. The lowest BCUT2D eigenvalue weighted by Crippen LogP contribution is -1.96. The van der Waals surface area contributed by atoms with Crippen LogP contribution in [0.5, 0.6) is 0 Å². The van der Waals surface area contributed by atoms with Crippen LogP contribution in [0.15, 0.2) is 18.5 Å². The van der Waals surface area contributed by atoms with Gasteiger partial charge in [-0.2, -0.15) is 0 Å². The third-order valence-electron chi connectivity index (χ3n) is 3.14. The molecule has 0 aliphatic rings. The quantitative estimate of drug-likeness (QED) is 0.762. The topological polar surface area (TPSA) is 17.8 Å². The van der Waals surface area contributed by atoms with Gasteiger partial charge < -0.3 is 4.57 Å². The predicted molar refractivity (Wildman–Crippen MR) is 68.8 cm³/mol. The van der Waals surface area contributed by atoms with Crippen LogP contribution in [-0.2, 0) is 13.0 Å². The van der Waals surface area contributed by atoms with Crippen molar-refractivity contribution in [3.63, 3.8) is 0 Å². The molecule has 0 bridgehead atoms. The molecule has 2 rings (SSSR count). The average Bonchev–Trinajstić information content (AvgIpc) is 2.63. The molecule has 0 amide bonds. The second-order valence-electron chi connectivity index (χ2n) is 4.41. The predicted octanol–water partition coefficient (Wildman–Crippen LogP) is 3.71. The van der Waals surface area contributed by atoms with E-state index in [1.54, 1.807) is 0 Å². The molecular weight excluding hydrogens is 196 g/mol. The van der Waals surface area contributed by atoms with E-state index in [1.807, 2.05) is 6.20 Å². The first-order chi connectivity index (χ1) is 7.76. The maximum Gasteiger partial charge on any atom is 0.0516 e. The molecule has 0 N–H and O–H groups in total. The maximum absolute atomic E-state index is 4.47. The van der Waals surface area contributed by atoms with Gasteiger partial charge in [0.2, 0.25) is 0 Å². The van der Waals surface area contributed by atoms with E-state index in [1.165, 1.54) is 35.0 Å². The van der Waals surface area contributed by atoms with Crippen LogP contribution in [0.2, 0.25) is 0 Å². The Labute approximate surface area is 97.3 Å². The lowest BCUT2D eigenvalue weighted by molar-refractivity contribution is 0.649. The fourth-order valence-electron chi connectivity index (χ4n) is 2.11. The average molecular weight is 216 g/mol. The standard InChI is InChI=1S/C14H20N2/c1-4-6-7-16-10-11(3)13-9-15-12(5-2)8-14(13)16/h8-10H,4-7H2,1-3H3. The van der Waals surface area contributed by atoms with Crippen molar-refractivity contribution in [2.24, 2.45) is 0 Å². The van der Waals surface area contributed by atoms with Crippen LogP contribution >= 0.6 is 0 Å². The van der Waals surface area contributed by atoms with Gasteiger partial charge in [0.15, 0.2) is 0 Å². The number of aryl methyl sites for hydroxylation is 3. The monoisotopic (exact) mass is 216 g/mol. The van der Waals surface area contributed by atoms with Gasteiger partial charge >= 0.3 is 0 Å². The van der Waals surface area contributed by atoms with Crippen LogP contribution in [0.3, 0.4) is 0 Å². The molecule has 0 saturated carbocycles. The Morgan fingerprint density at radius 3 is 2.81 bits per heavy atom. The van der Waals surface area contributed by atoms with Crippen LogP contribution in [0.1, 0.15) is 37.9 Å². The molecule has 2 heterocycles. The van der Waals surface area contributed by atoms with Gasteiger partial charge in [-0.25, -0.2) is 0 Å². The number of rotatable bonds is 4. The lowest BCUT2D eigenvalue weighted by Gasteiger charge is -2.04. The van der Waals surface area contributed by atoms with E-state index < -0.39 is 0 Å². The Balaban J connectivity index is 2.47. The van der Waals surface area contributed by atoms with Gasteiger partial charge in [-0.15, -0.1) is 0 Å². The summed E-state index contributed by atoms with van der Waals surface area (Å²) >= 11 is 0. The van der Waals surface area contributed by atoms with Crippen LogP contribution < -0.4 is 0 Å². The van der Waals surface area contributed by atoms with Crippen molar-refractivity contribution in [1.29, 1.82) is 0 Å². The van der Waals surface area contributed by atoms with E-state index in [-0.39, 0.29) is 0 Å². The summed E-state index contributed by atoms with van der Waals surface area (Å²) in [6.07, 6.45) is 7.76. The molecule has 2 aromatic rings. The number of unbranched alkanes of at least 4 members (excludes halogenated alkanes) is 1. The molecule has 2 nitrogen and oxygen atoms in total. The second-order valence-corrected chi connectivity index (χ2v) is 4.41. The SMILES string of the molecule is CCCCn1cc(C)c2cnc(CC)cc21. The summed E-state index contributed by atoms with van der Waals surface area (Å²) in [6, 6.07) is 2.23. The minimum Gasteiger partial charge on any atom is -0.347 e. The fraction of sp³-hybridized carbons (Fsp3) is 0.500. The van der Waals surface area contributed by atoms with Crippen LogP contribution in [0.25, 0.3) is 10.9 Å². The number of aromatic nitrogens is 2. The van der Waals surface area contributed by atoms with Gasteiger partial charge in [0.05, 0.1) is 5.52 Å². The number of pyridine rings is 1. The zero-order valence-electron chi connectivity index (χ0n) is 10.5. The highest BCUT2D eigenvalue weighted by Gasteiger charge is 2.06. The third kappa shape index (κ3) is 1.97. The summed E-state index contributed by atoms with van der Waals surface area (Å²) in [5.74, 6) is 0. The van der Waals surface area contributed by atoms with E-state index >= 15 is 0 Å². The molecule has 0 aromatic carbocycles. The van der Waals surface area contributed by atoms with Crippen molar-refractivity contribution in [3.8, 4) is 0 Å². The highest BCUT2D eigenvalue weighted by molar-refractivity contribution is 5.83. The summed E-state index contributed by atoms with van der Waals surface area (Å²) in [5.41, 5.74) is 3.86. The van der Waals surface area contributed by atoms with Gasteiger partial charge in [-0.05, 0) is 31.4 Å². The van der Waals surface area contributed by atoms with Crippen molar-refractivity contribution in [3.05, 3.63) is 29.7 Å². The summed E-state index contributed by atoms with van der Waals surface area (Å²) in [7, 11) is 0. The van der Waals surface area contributed by atoms with E-state index in [9.17, 15) is 0 Å². The summed E-state index contributed by atoms with van der Waals surface area (Å²) < 4.78 is 2.37. The van der Waals surface area contributed by atoms with E-state index in [2.05, 4.69) is 42.6 Å². The van der Waals surface area contributed by atoms with E-state index in [4.69, 9.17) is 0 Å². The van der Waals surface area contributed by atoms with Crippen molar-refractivity contribution < 1.29 is 0 Å². The van der Waals surface area contributed by atoms with Gasteiger partial charge in [-0.3, -0.25) is 4.98 Å². The highest BCUT2D eigenvalue weighted by atomic mass is 15.0.